The van der Waals surface area contributed by atoms with Gasteiger partial charge in [0.1, 0.15) is 0 Å². The van der Waals surface area contributed by atoms with Crippen LogP contribution in [0.3, 0.4) is 0 Å². The Morgan fingerprint density at radius 3 is 2.93 bits per heavy atom. The molecule has 1 aliphatic carbocycles. The maximum absolute atomic E-state index is 11.9. The Morgan fingerprint density at radius 2 is 2.19 bits per heavy atom. The molecule has 5 rings (SSSR count). The van der Waals surface area contributed by atoms with Crippen molar-refractivity contribution >= 4 is 22.8 Å². The third-order valence-electron chi connectivity index (χ3n) is 5.75. The quantitative estimate of drug-likeness (QED) is 0.768. The molecule has 2 aliphatic rings. The lowest BCUT2D eigenvalue weighted by atomic mass is 10.0. The standard InChI is InChI=1S/C20H22N6O/c1-12-7-8-25(12)20-23-16-4-2-3-15(16)19(24-20)13-5-6-17-14(9-13)11-22-26(17)18(27)10-21/h5-6,9,11-12H,2-4,7-8,10,21H2,1H3/t12-/m0/s1. The van der Waals surface area contributed by atoms with Crippen LogP contribution in [0.2, 0.25) is 0 Å². The first-order valence-corrected chi connectivity index (χ1v) is 9.53. The minimum atomic E-state index is -0.213. The van der Waals surface area contributed by atoms with Crippen LogP contribution >= 0.6 is 0 Å². The SMILES string of the molecule is C[C@H]1CCN1c1nc2c(c(-c3ccc4c(cnn4C(=O)CN)c3)n1)CCC2. The molecule has 0 unspecified atom stereocenters. The van der Waals surface area contributed by atoms with Crippen LogP contribution in [-0.4, -0.2) is 44.8 Å². The predicted octanol–water partition coefficient (Wildman–Crippen LogP) is 2.18. The second kappa shape index (κ2) is 6.13. The summed E-state index contributed by atoms with van der Waals surface area (Å²) in [4.78, 5) is 24.0. The van der Waals surface area contributed by atoms with Crippen LogP contribution in [-0.2, 0) is 12.8 Å². The number of nitrogens with two attached hydrogens (primary N) is 1. The molecular weight excluding hydrogens is 340 g/mol. The summed E-state index contributed by atoms with van der Waals surface area (Å²) in [6.07, 6.45) is 6.07. The maximum atomic E-state index is 11.9. The van der Waals surface area contributed by atoms with Gasteiger partial charge in [-0.2, -0.15) is 9.78 Å². The second-order valence-electron chi connectivity index (χ2n) is 7.41. The van der Waals surface area contributed by atoms with Crippen molar-refractivity contribution in [1.29, 1.82) is 0 Å². The number of rotatable bonds is 3. The number of carbonyl (C=O) groups excluding carboxylic acids is 1. The Balaban J connectivity index is 1.62. The van der Waals surface area contributed by atoms with Crippen molar-refractivity contribution in [1.82, 2.24) is 19.7 Å². The van der Waals surface area contributed by atoms with E-state index < -0.39 is 0 Å². The third-order valence-corrected chi connectivity index (χ3v) is 5.75. The van der Waals surface area contributed by atoms with Gasteiger partial charge in [0.25, 0.3) is 5.91 Å². The number of nitrogens with zero attached hydrogens (tertiary/aromatic N) is 5. The van der Waals surface area contributed by atoms with E-state index in [0.717, 1.165) is 53.9 Å². The Kier molecular flexibility index (Phi) is 3.72. The fourth-order valence-corrected chi connectivity index (χ4v) is 4.07. The van der Waals surface area contributed by atoms with Crippen LogP contribution in [0.1, 0.15) is 35.8 Å². The van der Waals surface area contributed by atoms with Crippen LogP contribution in [0.15, 0.2) is 24.4 Å². The van der Waals surface area contributed by atoms with E-state index in [1.807, 2.05) is 12.1 Å². The lowest BCUT2D eigenvalue weighted by Gasteiger charge is -2.39. The van der Waals surface area contributed by atoms with E-state index in [-0.39, 0.29) is 12.5 Å². The molecule has 0 spiro atoms. The van der Waals surface area contributed by atoms with E-state index in [2.05, 4.69) is 23.0 Å². The van der Waals surface area contributed by atoms with Gasteiger partial charge >= 0.3 is 0 Å². The molecule has 2 N–H and O–H groups in total. The highest BCUT2D eigenvalue weighted by Gasteiger charge is 2.29. The van der Waals surface area contributed by atoms with Crippen LogP contribution in [0.4, 0.5) is 5.95 Å². The van der Waals surface area contributed by atoms with Crippen LogP contribution in [0.5, 0.6) is 0 Å². The smallest absolute Gasteiger partial charge is 0.261 e. The topological polar surface area (TPSA) is 89.9 Å². The van der Waals surface area contributed by atoms with Crippen molar-refractivity contribution < 1.29 is 4.79 Å². The van der Waals surface area contributed by atoms with Crippen molar-refractivity contribution in [2.75, 3.05) is 18.0 Å². The highest BCUT2D eigenvalue weighted by molar-refractivity contribution is 5.93. The Hall–Kier alpha value is -2.80. The number of anilines is 1. The zero-order valence-corrected chi connectivity index (χ0v) is 15.4. The van der Waals surface area contributed by atoms with Crippen molar-refractivity contribution in [2.24, 2.45) is 5.73 Å². The fraction of sp³-hybridized carbons (Fsp3) is 0.400. The molecule has 3 aromatic rings. The molecule has 27 heavy (non-hydrogen) atoms. The molecule has 1 saturated heterocycles. The first-order chi connectivity index (χ1) is 13.2. The highest BCUT2D eigenvalue weighted by atomic mass is 16.2. The van der Waals surface area contributed by atoms with Gasteiger partial charge in [-0.3, -0.25) is 4.79 Å². The van der Waals surface area contributed by atoms with Crippen molar-refractivity contribution in [3.63, 3.8) is 0 Å². The second-order valence-corrected chi connectivity index (χ2v) is 7.41. The number of fused-ring (bicyclic) bond motifs is 2. The van der Waals surface area contributed by atoms with E-state index in [1.165, 1.54) is 22.4 Å². The molecule has 0 radical (unpaired) electrons. The van der Waals surface area contributed by atoms with Gasteiger partial charge in [0.15, 0.2) is 0 Å². The van der Waals surface area contributed by atoms with Gasteiger partial charge in [-0.1, -0.05) is 6.07 Å². The minimum absolute atomic E-state index is 0.0602. The van der Waals surface area contributed by atoms with Gasteiger partial charge in [-0.15, -0.1) is 0 Å². The summed E-state index contributed by atoms with van der Waals surface area (Å²) in [6.45, 7) is 3.18. The minimum Gasteiger partial charge on any atom is -0.338 e. The van der Waals surface area contributed by atoms with Gasteiger partial charge in [0.2, 0.25) is 5.95 Å². The monoisotopic (exact) mass is 362 g/mol. The van der Waals surface area contributed by atoms with E-state index >= 15 is 0 Å². The molecule has 1 fully saturated rings. The molecule has 7 heteroatoms. The van der Waals surface area contributed by atoms with E-state index in [1.54, 1.807) is 6.20 Å². The zero-order chi connectivity index (χ0) is 18.5. The largest absolute Gasteiger partial charge is 0.338 e. The number of aromatic nitrogens is 4. The summed E-state index contributed by atoms with van der Waals surface area (Å²) in [5.74, 6) is 0.633. The molecule has 0 saturated carbocycles. The Labute approximate surface area is 157 Å². The van der Waals surface area contributed by atoms with Crippen molar-refractivity contribution in [3.05, 3.63) is 35.7 Å². The zero-order valence-electron chi connectivity index (χ0n) is 15.4. The molecule has 138 valence electrons. The Morgan fingerprint density at radius 1 is 1.30 bits per heavy atom. The van der Waals surface area contributed by atoms with Crippen molar-refractivity contribution in [2.45, 2.75) is 38.6 Å². The first-order valence-electron chi connectivity index (χ1n) is 9.53. The molecule has 0 amide bonds. The summed E-state index contributed by atoms with van der Waals surface area (Å²) in [7, 11) is 0. The summed E-state index contributed by atoms with van der Waals surface area (Å²) in [5, 5.41) is 5.11. The lowest BCUT2D eigenvalue weighted by Crippen LogP contribution is -2.46. The molecule has 1 atom stereocenters. The highest BCUT2D eigenvalue weighted by Crippen LogP contribution is 2.34. The van der Waals surface area contributed by atoms with Crippen LogP contribution in [0, 0.1) is 0 Å². The maximum Gasteiger partial charge on any atom is 0.261 e. The molecule has 1 aliphatic heterocycles. The van der Waals surface area contributed by atoms with E-state index in [4.69, 9.17) is 15.7 Å². The molecule has 7 nitrogen and oxygen atoms in total. The van der Waals surface area contributed by atoms with Gasteiger partial charge in [0.05, 0.1) is 24.0 Å². The number of carbonyl (C=O) groups is 1. The fourth-order valence-electron chi connectivity index (χ4n) is 4.07. The molecule has 1 aromatic carbocycles. The molecule has 3 heterocycles. The average molecular weight is 362 g/mol. The summed E-state index contributed by atoms with van der Waals surface area (Å²) in [6, 6.07) is 6.52. The number of hydrogen-bond donors (Lipinski definition) is 1. The summed E-state index contributed by atoms with van der Waals surface area (Å²) >= 11 is 0. The molecule has 2 aromatic heterocycles. The van der Waals surface area contributed by atoms with Crippen molar-refractivity contribution in [3.8, 4) is 11.3 Å². The molecular formula is C20H22N6O. The summed E-state index contributed by atoms with van der Waals surface area (Å²) < 4.78 is 1.37. The van der Waals surface area contributed by atoms with Gasteiger partial charge in [-0.25, -0.2) is 9.97 Å². The molecule has 0 bridgehead atoms. The normalized spacial score (nSPS) is 18.6. The van der Waals surface area contributed by atoms with Gasteiger partial charge in [0, 0.05) is 34.8 Å². The first kappa shape index (κ1) is 16.4. The predicted molar refractivity (Wildman–Crippen MR) is 104 cm³/mol. The third kappa shape index (κ3) is 2.53. The lowest BCUT2D eigenvalue weighted by molar-refractivity contribution is 0.0913. The van der Waals surface area contributed by atoms with E-state index in [9.17, 15) is 4.79 Å². The van der Waals surface area contributed by atoms with Gasteiger partial charge in [-0.05, 0) is 44.7 Å². The Bertz CT molecular complexity index is 1060. The number of hydrogen-bond acceptors (Lipinski definition) is 6. The van der Waals surface area contributed by atoms with Crippen LogP contribution in [0.25, 0.3) is 22.2 Å². The number of aryl methyl sites for hydroxylation is 1. The summed E-state index contributed by atoms with van der Waals surface area (Å²) in [5.41, 5.74) is 10.8. The number of benzene rings is 1. The van der Waals surface area contributed by atoms with Gasteiger partial charge < -0.3 is 10.6 Å². The van der Waals surface area contributed by atoms with E-state index in [0.29, 0.717) is 6.04 Å². The average Bonchev–Trinajstić information content (AvgIpc) is 3.31. The van der Waals surface area contributed by atoms with Crippen LogP contribution < -0.4 is 10.6 Å².